The third kappa shape index (κ3) is 6.47. The molecule has 0 spiro atoms. The zero-order valence-electron chi connectivity index (χ0n) is 20.4. The van der Waals surface area contributed by atoms with Crippen molar-refractivity contribution in [1.82, 2.24) is 20.1 Å². The first kappa shape index (κ1) is 25.5. The Hall–Kier alpha value is -3.13. The number of aryl methyl sites for hydroxylation is 1. The first-order valence-electron chi connectivity index (χ1n) is 12.0. The van der Waals surface area contributed by atoms with Gasteiger partial charge in [0.2, 0.25) is 11.8 Å². The summed E-state index contributed by atoms with van der Waals surface area (Å²) < 4.78 is 7.20. The average Bonchev–Trinajstić information content (AvgIpc) is 3.13. The van der Waals surface area contributed by atoms with Gasteiger partial charge in [-0.2, -0.15) is 0 Å². The minimum atomic E-state index is -0.372. The molecule has 2 aromatic rings. The van der Waals surface area contributed by atoms with Gasteiger partial charge in [-0.15, -0.1) is 0 Å². The Kier molecular flexibility index (Phi) is 9.27. The maximum absolute atomic E-state index is 13.3. The van der Waals surface area contributed by atoms with E-state index in [4.69, 9.17) is 4.74 Å². The molecule has 34 heavy (non-hydrogen) atoms. The molecule has 1 aliphatic rings. The number of methoxy groups -OCH3 is 1. The van der Waals surface area contributed by atoms with Gasteiger partial charge in [0.05, 0.1) is 31.2 Å². The third-order valence-electron chi connectivity index (χ3n) is 6.40. The Morgan fingerprint density at radius 2 is 1.91 bits per heavy atom. The molecule has 8 nitrogen and oxygen atoms in total. The van der Waals surface area contributed by atoms with Crippen molar-refractivity contribution in [3.63, 3.8) is 0 Å². The van der Waals surface area contributed by atoms with Gasteiger partial charge in [0.15, 0.2) is 0 Å². The Morgan fingerprint density at radius 1 is 1.15 bits per heavy atom. The van der Waals surface area contributed by atoms with Gasteiger partial charge in [-0.05, 0) is 44.7 Å². The normalized spacial score (nSPS) is 17.2. The first-order valence-corrected chi connectivity index (χ1v) is 12.0. The molecule has 3 rings (SSSR count). The number of nitrogens with one attached hydrogen (secondary N) is 2. The Bertz CT molecular complexity index is 986. The van der Waals surface area contributed by atoms with Crippen LogP contribution in [0.3, 0.4) is 0 Å². The van der Waals surface area contributed by atoms with E-state index in [9.17, 15) is 14.4 Å². The summed E-state index contributed by atoms with van der Waals surface area (Å²) in [7, 11) is 1.65. The number of carbonyl (C=O) groups is 3. The highest BCUT2D eigenvalue weighted by Gasteiger charge is 2.28. The zero-order valence-corrected chi connectivity index (χ0v) is 20.4. The van der Waals surface area contributed by atoms with Crippen LogP contribution in [0.15, 0.2) is 36.4 Å². The van der Waals surface area contributed by atoms with Gasteiger partial charge in [0.1, 0.15) is 0 Å². The summed E-state index contributed by atoms with van der Waals surface area (Å²) in [5, 5.41) is 5.76. The van der Waals surface area contributed by atoms with Crippen LogP contribution < -0.4 is 10.6 Å². The van der Waals surface area contributed by atoms with Gasteiger partial charge in [0, 0.05) is 38.1 Å². The number of nitrogens with zero attached hydrogens (tertiary/aromatic N) is 2. The Labute approximate surface area is 201 Å². The number of hydrogen-bond donors (Lipinski definition) is 2. The highest BCUT2D eigenvalue weighted by atomic mass is 16.5. The fourth-order valence-electron chi connectivity index (χ4n) is 4.51. The lowest BCUT2D eigenvalue weighted by atomic mass is 10.00. The summed E-state index contributed by atoms with van der Waals surface area (Å²) >= 11 is 0. The molecule has 2 heterocycles. The predicted octanol–water partition coefficient (Wildman–Crippen LogP) is 2.74. The molecule has 0 aliphatic carbocycles. The molecule has 184 valence electrons. The van der Waals surface area contributed by atoms with E-state index in [2.05, 4.69) is 10.6 Å². The van der Waals surface area contributed by atoms with E-state index in [-0.39, 0.29) is 36.7 Å². The van der Waals surface area contributed by atoms with Crippen LogP contribution in [0.4, 0.5) is 0 Å². The van der Waals surface area contributed by atoms with Crippen molar-refractivity contribution in [2.75, 3.05) is 33.4 Å². The van der Waals surface area contributed by atoms with Crippen LogP contribution in [-0.2, 0) is 20.9 Å². The van der Waals surface area contributed by atoms with E-state index in [1.807, 2.05) is 54.8 Å². The van der Waals surface area contributed by atoms with Crippen LogP contribution in [0, 0.1) is 13.8 Å². The molecule has 0 bridgehead atoms. The van der Waals surface area contributed by atoms with Crippen LogP contribution in [0.25, 0.3) is 0 Å². The highest BCUT2D eigenvalue weighted by molar-refractivity contribution is 5.97. The van der Waals surface area contributed by atoms with Gasteiger partial charge < -0.3 is 24.8 Å². The zero-order chi connectivity index (χ0) is 24.5. The maximum Gasteiger partial charge on any atom is 0.253 e. The van der Waals surface area contributed by atoms with E-state index in [1.54, 1.807) is 12.0 Å². The minimum absolute atomic E-state index is 0.0684. The fraction of sp³-hybridized carbons (Fsp3) is 0.500. The van der Waals surface area contributed by atoms with Gasteiger partial charge in [0.25, 0.3) is 5.91 Å². The second-order valence-electron chi connectivity index (χ2n) is 8.74. The highest BCUT2D eigenvalue weighted by Crippen LogP contribution is 2.26. The molecule has 1 saturated heterocycles. The van der Waals surface area contributed by atoms with Crippen LogP contribution >= 0.6 is 0 Å². The van der Waals surface area contributed by atoms with E-state index < -0.39 is 0 Å². The van der Waals surface area contributed by atoms with Crippen molar-refractivity contribution in [3.8, 4) is 0 Å². The number of rotatable bonds is 7. The van der Waals surface area contributed by atoms with Crippen molar-refractivity contribution in [3.05, 3.63) is 58.9 Å². The van der Waals surface area contributed by atoms with E-state index in [0.717, 1.165) is 36.2 Å². The number of ether oxygens (including phenoxy) is 1. The summed E-state index contributed by atoms with van der Waals surface area (Å²) in [6, 6.07) is 11.1. The molecule has 1 aliphatic heterocycles. The van der Waals surface area contributed by atoms with Crippen LogP contribution in [-0.4, -0.2) is 60.5 Å². The van der Waals surface area contributed by atoms with E-state index >= 15 is 0 Å². The standard InChI is InChI=1S/C26H36N4O4/c1-19-16-22(20(2)29(19)14-15-34-3)26(33)28-18-25(32)30-13-9-5-8-12-27-24(31)17-23(30)21-10-6-4-7-11-21/h4,6-7,10-11,16,23H,5,8-9,12-15,17-18H2,1-3H3,(H,27,31)(H,28,33). The van der Waals surface area contributed by atoms with Crippen molar-refractivity contribution in [1.29, 1.82) is 0 Å². The van der Waals surface area contributed by atoms with Gasteiger partial charge in [-0.1, -0.05) is 30.3 Å². The molecule has 3 amide bonds. The molecule has 1 aromatic heterocycles. The molecule has 1 unspecified atom stereocenters. The molecule has 0 saturated carbocycles. The smallest absolute Gasteiger partial charge is 0.253 e. The predicted molar refractivity (Wildman–Crippen MR) is 130 cm³/mol. The second-order valence-corrected chi connectivity index (χ2v) is 8.74. The molecule has 8 heteroatoms. The first-order chi connectivity index (χ1) is 16.4. The lowest BCUT2D eigenvalue weighted by Crippen LogP contribution is -2.44. The quantitative estimate of drug-likeness (QED) is 0.654. The minimum Gasteiger partial charge on any atom is -0.383 e. The summed E-state index contributed by atoms with van der Waals surface area (Å²) in [5.41, 5.74) is 3.29. The lowest BCUT2D eigenvalue weighted by Gasteiger charge is -2.33. The second kappa shape index (κ2) is 12.4. The van der Waals surface area contributed by atoms with Crippen molar-refractivity contribution >= 4 is 17.7 Å². The topological polar surface area (TPSA) is 92.7 Å². The molecule has 1 atom stereocenters. The summed E-state index contributed by atoms with van der Waals surface area (Å²) in [5.74, 6) is -0.537. The molecular weight excluding hydrogens is 432 g/mol. The van der Waals surface area contributed by atoms with Crippen molar-refractivity contribution < 1.29 is 19.1 Å². The number of hydrogen-bond acceptors (Lipinski definition) is 4. The fourth-order valence-corrected chi connectivity index (χ4v) is 4.51. The molecule has 1 fully saturated rings. The van der Waals surface area contributed by atoms with Crippen molar-refractivity contribution in [2.45, 2.75) is 52.1 Å². The number of benzene rings is 1. The Balaban J connectivity index is 1.74. The summed E-state index contributed by atoms with van der Waals surface area (Å²) in [6.45, 7) is 6.15. The van der Waals surface area contributed by atoms with E-state index in [0.29, 0.717) is 31.8 Å². The summed E-state index contributed by atoms with van der Waals surface area (Å²) in [6.07, 6.45) is 2.86. The van der Waals surface area contributed by atoms with Crippen molar-refractivity contribution in [2.24, 2.45) is 0 Å². The number of aromatic nitrogens is 1. The molecule has 2 N–H and O–H groups in total. The van der Waals surface area contributed by atoms with Crippen LogP contribution in [0.2, 0.25) is 0 Å². The van der Waals surface area contributed by atoms with Gasteiger partial charge >= 0.3 is 0 Å². The number of amides is 3. The van der Waals surface area contributed by atoms with Crippen LogP contribution in [0.1, 0.15) is 59.0 Å². The van der Waals surface area contributed by atoms with E-state index in [1.165, 1.54) is 0 Å². The lowest BCUT2D eigenvalue weighted by molar-refractivity contribution is -0.134. The Morgan fingerprint density at radius 3 is 2.65 bits per heavy atom. The largest absolute Gasteiger partial charge is 0.383 e. The van der Waals surface area contributed by atoms with Gasteiger partial charge in [-0.25, -0.2) is 0 Å². The monoisotopic (exact) mass is 468 g/mol. The van der Waals surface area contributed by atoms with Crippen LogP contribution in [0.5, 0.6) is 0 Å². The summed E-state index contributed by atoms with van der Waals surface area (Å²) in [4.78, 5) is 40.5. The maximum atomic E-state index is 13.3. The molecule has 0 radical (unpaired) electrons. The molecule has 1 aromatic carbocycles. The third-order valence-corrected chi connectivity index (χ3v) is 6.40. The SMILES string of the molecule is COCCn1c(C)cc(C(=O)NCC(=O)N2CCCCCNC(=O)CC2c2ccccc2)c1C. The van der Waals surface area contributed by atoms with Gasteiger partial charge in [-0.3, -0.25) is 14.4 Å². The average molecular weight is 469 g/mol. The molecular formula is C26H36N4O4. The number of carbonyl (C=O) groups excluding carboxylic acids is 3.